The number of aromatic nitrogens is 1. The Morgan fingerprint density at radius 1 is 1.16 bits per heavy atom. The first-order valence-electron chi connectivity index (χ1n) is 9.56. The lowest BCUT2D eigenvalue weighted by atomic mass is 10.1. The van der Waals surface area contributed by atoms with Crippen LogP contribution in [0, 0.1) is 10.1 Å². The molecule has 0 fully saturated rings. The third-order valence-corrected chi connectivity index (χ3v) is 5.29. The summed E-state index contributed by atoms with van der Waals surface area (Å²) in [5, 5.41) is 26.4. The van der Waals surface area contributed by atoms with Gasteiger partial charge in [0.1, 0.15) is 5.75 Å². The van der Waals surface area contributed by atoms with Crippen molar-refractivity contribution in [3.8, 4) is 5.75 Å². The second-order valence-corrected chi connectivity index (χ2v) is 7.39. The lowest BCUT2D eigenvalue weighted by Gasteiger charge is -2.07. The van der Waals surface area contributed by atoms with Crippen molar-refractivity contribution in [3.63, 3.8) is 0 Å². The molecule has 32 heavy (non-hydrogen) atoms. The van der Waals surface area contributed by atoms with E-state index in [4.69, 9.17) is 11.6 Å². The molecule has 0 spiro atoms. The van der Waals surface area contributed by atoms with Gasteiger partial charge in [0.15, 0.2) is 0 Å². The molecule has 4 rings (SSSR count). The highest BCUT2D eigenvalue weighted by atomic mass is 35.5. The Hall–Kier alpha value is -4.17. The number of rotatable bonds is 6. The standard InChI is InChI=1S/C23H17ClN4O4/c24-20-7-3-1-5-15(20)13-27-14-16(18-6-2-4-8-21(18)27)12-25-26-23(30)19-11-17(28(31)32)9-10-22(19)29/h1-12,14,29H,13H2,(H,26,30)/b25-12-. The molecule has 0 atom stereocenters. The number of nitrogens with one attached hydrogen (secondary N) is 1. The number of fused-ring (bicyclic) bond motifs is 1. The maximum atomic E-state index is 12.4. The number of nitro benzene ring substituents is 1. The molecule has 0 aliphatic rings. The minimum Gasteiger partial charge on any atom is -0.507 e. The van der Waals surface area contributed by atoms with Gasteiger partial charge >= 0.3 is 0 Å². The van der Waals surface area contributed by atoms with Crippen LogP contribution in [0.3, 0.4) is 0 Å². The molecule has 0 saturated carbocycles. The molecule has 0 saturated heterocycles. The van der Waals surface area contributed by atoms with Crippen LogP contribution in [0.15, 0.2) is 78.0 Å². The van der Waals surface area contributed by atoms with Crippen LogP contribution >= 0.6 is 11.6 Å². The number of non-ortho nitro benzene ring substituents is 1. The van der Waals surface area contributed by atoms with E-state index in [2.05, 4.69) is 10.5 Å². The molecule has 1 amide bonds. The van der Waals surface area contributed by atoms with Gasteiger partial charge in [-0.2, -0.15) is 5.10 Å². The van der Waals surface area contributed by atoms with Crippen LogP contribution < -0.4 is 5.43 Å². The monoisotopic (exact) mass is 448 g/mol. The Kier molecular flexibility index (Phi) is 5.87. The number of carbonyl (C=O) groups excluding carboxylic acids is 1. The summed E-state index contributed by atoms with van der Waals surface area (Å²) in [6.45, 7) is 0.557. The average molecular weight is 449 g/mol. The third kappa shape index (κ3) is 4.30. The summed E-state index contributed by atoms with van der Waals surface area (Å²) in [5.74, 6) is -1.14. The van der Waals surface area contributed by atoms with Crippen molar-refractivity contribution in [2.24, 2.45) is 5.10 Å². The van der Waals surface area contributed by atoms with Crippen molar-refractivity contribution < 1.29 is 14.8 Å². The quantitative estimate of drug-likeness (QED) is 0.252. The highest BCUT2D eigenvalue weighted by Gasteiger charge is 2.16. The van der Waals surface area contributed by atoms with Crippen LogP contribution in [0.2, 0.25) is 5.02 Å². The predicted octanol–water partition coefficient (Wildman–Crippen LogP) is 4.72. The summed E-state index contributed by atoms with van der Waals surface area (Å²) in [6.07, 6.45) is 3.38. The van der Waals surface area contributed by atoms with Crippen LogP contribution in [-0.2, 0) is 6.54 Å². The van der Waals surface area contributed by atoms with Gasteiger partial charge in [0, 0.05) is 46.4 Å². The minimum atomic E-state index is -0.762. The molecule has 0 aliphatic heterocycles. The van der Waals surface area contributed by atoms with E-state index < -0.39 is 10.8 Å². The molecule has 4 aromatic rings. The normalized spacial score (nSPS) is 11.2. The van der Waals surface area contributed by atoms with Crippen molar-refractivity contribution in [1.82, 2.24) is 9.99 Å². The van der Waals surface area contributed by atoms with Gasteiger partial charge in [-0.15, -0.1) is 0 Å². The van der Waals surface area contributed by atoms with Crippen molar-refractivity contribution in [2.75, 3.05) is 0 Å². The zero-order valence-electron chi connectivity index (χ0n) is 16.6. The summed E-state index contributed by atoms with van der Waals surface area (Å²) >= 11 is 6.30. The fourth-order valence-corrected chi connectivity index (χ4v) is 3.55. The number of benzene rings is 3. The van der Waals surface area contributed by atoms with E-state index in [0.29, 0.717) is 11.6 Å². The SMILES string of the molecule is O=C(N/N=C\c1cn(Cc2ccccc2Cl)c2ccccc12)c1cc([N+](=O)[O-])ccc1O. The van der Waals surface area contributed by atoms with Gasteiger partial charge in [0.25, 0.3) is 11.6 Å². The van der Waals surface area contributed by atoms with E-state index in [-0.39, 0.29) is 17.0 Å². The number of hydrogen-bond acceptors (Lipinski definition) is 5. The summed E-state index contributed by atoms with van der Waals surface area (Å²) in [6, 6.07) is 18.5. The van der Waals surface area contributed by atoms with E-state index in [1.54, 1.807) is 0 Å². The number of aromatic hydroxyl groups is 1. The molecule has 0 bridgehead atoms. The number of hydrogen-bond donors (Lipinski definition) is 2. The molecular weight excluding hydrogens is 432 g/mol. The van der Waals surface area contributed by atoms with Gasteiger partial charge in [-0.1, -0.05) is 48.0 Å². The molecule has 0 radical (unpaired) electrons. The van der Waals surface area contributed by atoms with Gasteiger partial charge in [0.2, 0.25) is 0 Å². The first-order chi connectivity index (χ1) is 15.4. The van der Waals surface area contributed by atoms with Gasteiger partial charge in [-0.05, 0) is 23.8 Å². The first kappa shape index (κ1) is 21.1. The summed E-state index contributed by atoms with van der Waals surface area (Å²) in [5.41, 5.74) is 4.46. The molecular formula is C23H17ClN4O4. The predicted molar refractivity (Wildman–Crippen MR) is 122 cm³/mol. The van der Waals surface area contributed by atoms with Gasteiger partial charge in [-0.3, -0.25) is 14.9 Å². The molecule has 1 aromatic heterocycles. The van der Waals surface area contributed by atoms with Crippen molar-refractivity contribution >= 4 is 40.3 Å². The van der Waals surface area contributed by atoms with Crippen molar-refractivity contribution in [1.29, 1.82) is 0 Å². The second-order valence-electron chi connectivity index (χ2n) is 6.98. The summed E-state index contributed by atoms with van der Waals surface area (Å²) < 4.78 is 2.03. The molecule has 0 unspecified atom stereocenters. The molecule has 1 heterocycles. The summed E-state index contributed by atoms with van der Waals surface area (Å²) in [7, 11) is 0. The Labute approximate surface area is 187 Å². The molecule has 9 heteroatoms. The highest BCUT2D eigenvalue weighted by Crippen LogP contribution is 2.24. The van der Waals surface area contributed by atoms with E-state index in [1.165, 1.54) is 6.21 Å². The summed E-state index contributed by atoms with van der Waals surface area (Å²) in [4.78, 5) is 22.6. The number of nitro groups is 1. The zero-order chi connectivity index (χ0) is 22.7. The molecule has 160 valence electrons. The topological polar surface area (TPSA) is 110 Å². The molecule has 2 N–H and O–H groups in total. The number of carbonyl (C=O) groups is 1. The van der Waals surface area contributed by atoms with Gasteiger partial charge in [-0.25, -0.2) is 5.43 Å². The number of amides is 1. The Bertz CT molecular complexity index is 1360. The van der Waals surface area contributed by atoms with Gasteiger partial charge < -0.3 is 9.67 Å². The van der Waals surface area contributed by atoms with E-state index >= 15 is 0 Å². The Morgan fingerprint density at radius 2 is 1.91 bits per heavy atom. The zero-order valence-corrected chi connectivity index (χ0v) is 17.4. The fourth-order valence-electron chi connectivity index (χ4n) is 3.36. The fraction of sp³-hybridized carbons (Fsp3) is 0.0435. The number of phenols is 1. The van der Waals surface area contributed by atoms with Crippen LogP contribution in [0.1, 0.15) is 21.5 Å². The first-order valence-corrected chi connectivity index (χ1v) is 9.94. The van der Waals surface area contributed by atoms with Crippen molar-refractivity contribution in [2.45, 2.75) is 6.54 Å². The smallest absolute Gasteiger partial charge is 0.275 e. The Balaban J connectivity index is 1.58. The Morgan fingerprint density at radius 3 is 2.69 bits per heavy atom. The number of para-hydroxylation sites is 1. The lowest BCUT2D eigenvalue weighted by molar-refractivity contribution is -0.384. The van der Waals surface area contributed by atoms with Crippen LogP contribution in [-0.4, -0.2) is 26.7 Å². The van der Waals surface area contributed by atoms with Crippen LogP contribution in [0.4, 0.5) is 5.69 Å². The highest BCUT2D eigenvalue weighted by molar-refractivity contribution is 6.31. The second kappa shape index (κ2) is 8.91. The average Bonchev–Trinajstić information content (AvgIpc) is 3.13. The van der Waals surface area contributed by atoms with E-state index in [1.807, 2.05) is 59.3 Å². The molecule has 0 aliphatic carbocycles. The lowest BCUT2D eigenvalue weighted by Crippen LogP contribution is -2.18. The van der Waals surface area contributed by atoms with E-state index in [0.717, 1.165) is 40.2 Å². The van der Waals surface area contributed by atoms with Crippen LogP contribution in [0.5, 0.6) is 5.75 Å². The van der Waals surface area contributed by atoms with Crippen LogP contribution in [0.25, 0.3) is 10.9 Å². The van der Waals surface area contributed by atoms with Crippen molar-refractivity contribution in [3.05, 3.63) is 105 Å². The van der Waals surface area contributed by atoms with E-state index in [9.17, 15) is 20.0 Å². The van der Waals surface area contributed by atoms with Gasteiger partial charge in [0.05, 0.1) is 16.7 Å². The number of halogens is 1. The third-order valence-electron chi connectivity index (χ3n) is 4.92. The maximum absolute atomic E-state index is 12.4. The number of hydrazone groups is 1. The minimum absolute atomic E-state index is 0.238. The number of nitrogens with zero attached hydrogens (tertiary/aromatic N) is 3. The number of phenolic OH excluding ortho intramolecular Hbond substituents is 1. The maximum Gasteiger partial charge on any atom is 0.275 e. The molecule has 8 nitrogen and oxygen atoms in total. The largest absolute Gasteiger partial charge is 0.507 e. The molecule has 3 aromatic carbocycles.